The van der Waals surface area contributed by atoms with E-state index in [-0.39, 0.29) is 17.1 Å². The minimum Gasteiger partial charge on any atom is -0.351 e. The quantitative estimate of drug-likeness (QED) is 0.665. The summed E-state index contributed by atoms with van der Waals surface area (Å²) in [5.41, 5.74) is 2.30. The van der Waals surface area contributed by atoms with Gasteiger partial charge < -0.3 is 10.2 Å². The summed E-state index contributed by atoms with van der Waals surface area (Å²) in [5, 5.41) is 3.05. The number of aliphatic imine (C=N–C) groups is 1. The number of carbonyl (C=O) groups is 2. The number of nitrogens with one attached hydrogen (secondary N) is 1. The van der Waals surface area contributed by atoms with E-state index in [0.717, 1.165) is 24.4 Å². The summed E-state index contributed by atoms with van der Waals surface area (Å²) in [4.78, 5) is 31.6. The predicted octanol–water partition coefficient (Wildman–Crippen LogP) is 3.70. The molecule has 1 aliphatic heterocycles. The number of likely N-dealkylation sites (N-methyl/N-ethyl adjacent to an activating group) is 1. The van der Waals surface area contributed by atoms with Crippen molar-refractivity contribution in [2.45, 2.75) is 25.0 Å². The molecule has 1 unspecified atom stereocenters. The molecule has 29 heavy (non-hydrogen) atoms. The van der Waals surface area contributed by atoms with Gasteiger partial charge >= 0.3 is 0 Å². The third kappa shape index (κ3) is 6.02. The number of carbonyl (C=O) groups excluding carboxylic acids is 2. The zero-order valence-electron chi connectivity index (χ0n) is 16.9. The number of hydrogen-bond acceptors (Lipinski definition) is 4. The molecule has 1 aliphatic carbocycles. The molecule has 0 aromatic heterocycles. The maximum atomic E-state index is 12.3. The molecule has 1 N–H and O–H groups in total. The van der Waals surface area contributed by atoms with Crippen LogP contribution >= 0.6 is 11.8 Å². The Morgan fingerprint density at radius 1 is 1.24 bits per heavy atom. The van der Waals surface area contributed by atoms with Crippen LogP contribution in [0.1, 0.15) is 35.7 Å². The molecule has 0 bridgehead atoms. The van der Waals surface area contributed by atoms with Gasteiger partial charge in [0.2, 0.25) is 0 Å². The van der Waals surface area contributed by atoms with Crippen LogP contribution in [-0.2, 0) is 4.79 Å². The molecule has 152 valence electrons. The van der Waals surface area contributed by atoms with Gasteiger partial charge in [-0.3, -0.25) is 9.59 Å². The fourth-order valence-corrected chi connectivity index (χ4v) is 4.10. The zero-order valence-corrected chi connectivity index (χ0v) is 17.7. The monoisotopic (exact) mass is 409 g/mol. The van der Waals surface area contributed by atoms with E-state index in [1.165, 1.54) is 24.6 Å². The highest BCUT2D eigenvalue weighted by Gasteiger charge is 2.25. The Morgan fingerprint density at radius 3 is 2.79 bits per heavy atom. The molecule has 1 heterocycles. The van der Waals surface area contributed by atoms with Gasteiger partial charge in [-0.2, -0.15) is 0 Å². The molecule has 1 aromatic carbocycles. The van der Waals surface area contributed by atoms with Crippen molar-refractivity contribution >= 4 is 35.4 Å². The van der Waals surface area contributed by atoms with E-state index >= 15 is 0 Å². The third-order valence-electron chi connectivity index (χ3n) is 4.79. The first-order valence-corrected chi connectivity index (χ1v) is 10.9. The van der Waals surface area contributed by atoms with Crippen LogP contribution in [0.2, 0.25) is 0 Å². The molecule has 1 atom stereocenters. The lowest BCUT2D eigenvalue weighted by Gasteiger charge is -2.20. The van der Waals surface area contributed by atoms with Crippen LogP contribution < -0.4 is 5.32 Å². The average molecular weight is 410 g/mol. The summed E-state index contributed by atoms with van der Waals surface area (Å²) in [6.07, 6.45) is 12.0. The van der Waals surface area contributed by atoms with E-state index in [1.54, 1.807) is 12.1 Å². The van der Waals surface area contributed by atoms with Crippen LogP contribution in [0, 0.1) is 0 Å². The second kappa shape index (κ2) is 10.4. The SMILES string of the molecule is CCCCN(C)CCNC(=O)c1ccc(/C=C2/SC3C=CC=CC3=NC2=O)cc1. The van der Waals surface area contributed by atoms with Crippen molar-refractivity contribution in [3.8, 4) is 0 Å². The molecule has 3 rings (SSSR count). The van der Waals surface area contributed by atoms with Crippen molar-refractivity contribution in [1.82, 2.24) is 10.2 Å². The van der Waals surface area contributed by atoms with Crippen LogP contribution in [0.15, 0.2) is 58.5 Å². The van der Waals surface area contributed by atoms with E-state index < -0.39 is 0 Å². The number of fused-ring (bicyclic) bond motifs is 1. The van der Waals surface area contributed by atoms with E-state index in [9.17, 15) is 9.59 Å². The molecule has 0 fully saturated rings. The maximum absolute atomic E-state index is 12.3. The zero-order chi connectivity index (χ0) is 20.6. The summed E-state index contributed by atoms with van der Waals surface area (Å²) in [7, 11) is 2.07. The van der Waals surface area contributed by atoms with Crippen molar-refractivity contribution in [1.29, 1.82) is 0 Å². The first-order chi connectivity index (χ1) is 14.1. The lowest BCUT2D eigenvalue weighted by molar-refractivity contribution is -0.113. The smallest absolute Gasteiger partial charge is 0.283 e. The first-order valence-electron chi connectivity index (χ1n) is 10.00. The number of allylic oxidation sites excluding steroid dienone is 3. The molecule has 0 spiro atoms. The minimum absolute atomic E-state index is 0.0791. The first kappa shape index (κ1) is 21.3. The molecule has 0 radical (unpaired) electrons. The van der Waals surface area contributed by atoms with Gasteiger partial charge in [-0.1, -0.05) is 43.7 Å². The van der Waals surface area contributed by atoms with Crippen molar-refractivity contribution in [3.05, 3.63) is 64.6 Å². The van der Waals surface area contributed by atoms with Gasteiger partial charge in [0, 0.05) is 18.7 Å². The van der Waals surface area contributed by atoms with Gasteiger partial charge in [-0.25, -0.2) is 4.99 Å². The van der Waals surface area contributed by atoms with Crippen LogP contribution in [0.4, 0.5) is 0 Å². The summed E-state index contributed by atoms with van der Waals surface area (Å²) in [5.74, 6) is -0.292. The Balaban J connectivity index is 1.56. The lowest BCUT2D eigenvalue weighted by Crippen LogP contribution is -2.33. The fraction of sp³-hybridized carbons (Fsp3) is 0.348. The molecule has 2 aliphatic rings. The van der Waals surface area contributed by atoms with E-state index in [4.69, 9.17) is 0 Å². The largest absolute Gasteiger partial charge is 0.351 e. The van der Waals surface area contributed by atoms with Crippen LogP contribution in [-0.4, -0.2) is 54.4 Å². The highest BCUT2D eigenvalue weighted by Crippen LogP contribution is 2.32. The minimum atomic E-state index is -0.213. The van der Waals surface area contributed by atoms with Crippen molar-refractivity contribution < 1.29 is 9.59 Å². The molecule has 2 amide bonds. The summed E-state index contributed by atoms with van der Waals surface area (Å²) in [6, 6.07) is 7.30. The van der Waals surface area contributed by atoms with E-state index in [2.05, 4.69) is 29.2 Å². The maximum Gasteiger partial charge on any atom is 0.283 e. The molecule has 6 heteroatoms. The molecular formula is C23H27N3O2S. The Labute approximate surface area is 176 Å². The van der Waals surface area contributed by atoms with Crippen molar-refractivity contribution in [2.24, 2.45) is 4.99 Å². The summed E-state index contributed by atoms with van der Waals surface area (Å²) in [6.45, 7) is 4.68. The Bertz CT molecular complexity index is 869. The van der Waals surface area contributed by atoms with E-state index in [0.29, 0.717) is 17.0 Å². The number of benzene rings is 1. The van der Waals surface area contributed by atoms with Gasteiger partial charge in [-0.05, 0) is 49.9 Å². The number of hydrogen-bond donors (Lipinski definition) is 1. The van der Waals surface area contributed by atoms with Gasteiger partial charge in [0.15, 0.2) is 0 Å². The van der Waals surface area contributed by atoms with Crippen molar-refractivity contribution in [2.75, 3.05) is 26.7 Å². The molecule has 5 nitrogen and oxygen atoms in total. The number of thioether (sulfide) groups is 1. The molecule has 0 saturated carbocycles. The van der Waals surface area contributed by atoms with Gasteiger partial charge in [0.05, 0.1) is 15.9 Å². The Morgan fingerprint density at radius 2 is 2.03 bits per heavy atom. The normalized spacial score (nSPS) is 19.4. The molecule has 0 saturated heterocycles. The predicted molar refractivity (Wildman–Crippen MR) is 121 cm³/mol. The number of unbranched alkanes of at least 4 members (excludes halogenated alkanes) is 1. The van der Waals surface area contributed by atoms with Gasteiger partial charge in [0.25, 0.3) is 11.8 Å². The molecular weight excluding hydrogens is 382 g/mol. The lowest BCUT2D eigenvalue weighted by atomic mass is 10.1. The third-order valence-corrected chi connectivity index (χ3v) is 5.99. The Kier molecular flexibility index (Phi) is 7.61. The Hall–Kier alpha value is -2.44. The topological polar surface area (TPSA) is 61.8 Å². The second-order valence-corrected chi connectivity index (χ2v) is 8.35. The second-order valence-electron chi connectivity index (χ2n) is 7.17. The number of rotatable bonds is 8. The highest BCUT2D eigenvalue weighted by atomic mass is 32.2. The summed E-state index contributed by atoms with van der Waals surface area (Å²) < 4.78 is 0. The molecule has 1 aromatic rings. The standard InChI is InChI=1S/C23H27N3O2S/c1-3-4-14-26(2)15-13-24-22(27)18-11-9-17(10-12-18)16-21-23(28)25-19-7-5-6-8-20(19)29-21/h5-12,16,20H,3-4,13-15H2,1-2H3,(H,24,27)/b21-16+. The van der Waals surface area contributed by atoms with Crippen LogP contribution in [0.5, 0.6) is 0 Å². The van der Waals surface area contributed by atoms with Crippen LogP contribution in [0.25, 0.3) is 6.08 Å². The van der Waals surface area contributed by atoms with Gasteiger partial charge in [0.1, 0.15) is 0 Å². The van der Waals surface area contributed by atoms with E-state index in [1.807, 2.05) is 42.5 Å². The van der Waals surface area contributed by atoms with Gasteiger partial charge in [-0.15, -0.1) is 11.8 Å². The van der Waals surface area contributed by atoms with Crippen molar-refractivity contribution in [3.63, 3.8) is 0 Å². The highest BCUT2D eigenvalue weighted by molar-refractivity contribution is 8.05. The summed E-state index contributed by atoms with van der Waals surface area (Å²) >= 11 is 1.51. The van der Waals surface area contributed by atoms with Crippen LogP contribution in [0.3, 0.4) is 0 Å². The fourth-order valence-electron chi connectivity index (χ4n) is 3.05. The average Bonchev–Trinajstić information content (AvgIpc) is 2.73. The number of nitrogens with zero attached hydrogens (tertiary/aromatic N) is 2. The number of amides is 2.